The molecule has 0 saturated heterocycles. The summed E-state index contributed by atoms with van der Waals surface area (Å²) in [4.78, 5) is 76.9. The average molecular weight is 1380 g/mol. The summed E-state index contributed by atoms with van der Waals surface area (Å²) in [6.07, 6.45) is 0. The van der Waals surface area contributed by atoms with Crippen LogP contribution in [0.3, 0.4) is 0 Å². The molecule has 0 heterocycles. The fraction of sp³-hybridized carbons (Fsp3) is 0. The van der Waals surface area contributed by atoms with Crippen molar-refractivity contribution in [1.82, 2.24) is 0 Å². The summed E-state index contributed by atoms with van der Waals surface area (Å²) in [5.74, 6) is 0. The van der Waals surface area contributed by atoms with E-state index < -0.39 is 91.6 Å². The Kier molecular flexibility index (Phi) is 170. The van der Waals surface area contributed by atoms with Gasteiger partial charge in [-0.15, -0.1) is 0 Å². The Morgan fingerprint density at radius 2 is 0.304 bits per heavy atom. The third-order valence-corrected chi connectivity index (χ3v) is 0. The van der Waals surface area contributed by atoms with Gasteiger partial charge in [0, 0.05) is 0 Å². The monoisotopic (exact) mass is 1380 g/mol. The zero-order chi connectivity index (χ0) is 35.0. The Morgan fingerprint density at radius 1 is 0.304 bits per heavy atom. The van der Waals surface area contributed by atoms with Crippen LogP contribution in [0.1, 0.15) is 0 Å². The van der Waals surface area contributed by atoms with Crippen molar-refractivity contribution >= 4 is 45.4 Å². The van der Waals surface area contributed by atoms with E-state index in [1.54, 1.807) is 0 Å². The smallest absolute Gasteiger partial charge is 3.00 e. The molecule has 0 unspecified atom stereocenters. The van der Waals surface area contributed by atoms with E-state index in [9.17, 15) is 0 Å². The van der Waals surface area contributed by atoms with Gasteiger partial charge in [-0.05, 0) is 0 Å². The maximum absolute atomic E-state index is 8.56. The molecule has 0 aromatic carbocycles. The Hall–Kier alpha value is 8.33. The van der Waals surface area contributed by atoms with Gasteiger partial charge in [0.25, 0.3) is 0 Å². The predicted octanol–water partition coefficient (Wildman–Crippen LogP) is -24.6. The molecule has 0 aliphatic heterocycles. The standard InChI is InChI=1S/3BO3.3H3O4P.9O.3V.7Y/c3*2-1(3)4;3*1-5(2,3)4;;;;;;;;;;;;;;;;;;;/h;;;3*(H3,1,2,3,4);;;;;;;;;;;;;;;;;;;/q3*-3;;;;;;;;;;3*-1;;;;7*+3/p-9. The summed E-state index contributed by atoms with van der Waals surface area (Å²) in [5, 5.41) is 75.8. The van der Waals surface area contributed by atoms with Crippen molar-refractivity contribution in [2.45, 2.75) is 0 Å². The van der Waals surface area contributed by atoms with Crippen LogP contribution in [0.25, 0.3) is 0 Å². The van der Waals surface area contributed by atoms with Crippen molar-refractivity contribution in [2.24, 2.45) is 0 Å². The maximum atomic E-state index is 8.56. The van der Waals surface area contributed by atoms with Gasteiger partial charge in [-0.1, -0.05) is 0 Å². The molecular formula is B3O30P3V3Y7. The van der Waals surface area contributed by atoms with E-state index in [0.717, 1.165) is 0 Å². The van der Waals surface area contributed by atoms with Crippen molar-refractivity contribution in [3.63, 3.8) is 0 Å². The maximum Gasteiger partial charge on any atom is 3.00 e. The topological polar surface area (TPSA) is 638 Å². The molecule has 0 aromatic rings. The Bertz CT molecular complexity index is 678. The minimum Gasteiger partial charge on any atom is 3.00 e. The number of phosphoric acid groups is 3. The van der Waals surface area contributed by atoms with Crippen molar-refractivity contribution in [3.05, 3.63) is 0 Å². The first kappa shape index (κ1) is 105. The van der Waals surface area contributed by atoms with Crippen LogP contribution in [-0.2, 0) is 311 Å². The molecule has 0 aliphatic rings. The van der Waals surface area contributed by atoms with Gasteiger partial charge in [-0.25, -0.2) is 0 Å². The third kappa shape index (κ3) is 1990. The van der Waals surface area contributed by atoms with E-state index in [1.807, 2.05) is 0 Å². The molecule has 0 atom stereocenters. The summed E-state index contributed by atoms with van der Waals surface area (Å²) in [6, 6.07) is 0. The molecule has 0 fully saturated rings. The molecule has 0 rings (SSSR count). The quantitative estimate of drug-likeness (QED) is 0.160. The van der Waals surface area contributed by atoms with Crippen LogP contribution < -0.4 is 101 Å². The van der Waals surface area contributed by atoms with Gasteiger partial charge in [-0.2, -0.15) is 23.5 Å². The van der Waals surface area contributed by atoms with Crippen LogP contribution in [0, 0.1) is 0 Å². The molecule has 46 heteroatoms. The Labute approximate surface area is 448 Å². The largest absolute Gasteiger partial charge is 3.00 e. The molecule has 30 nitrogen and oxygen atoms in total. The van der Waals surface area contributed by atoms with Crippen molar-refractivity contribution in [3.8, 4) is 0 Å². The number of hydrogen-bond acceptors (Lipinski definition) is 30. The van der Waals surface area contributed by atoms with Crippen LogP contribution >= 0.6 is 23.5 Å². The van der Waals surface area contributed by atoms with E-state index in [0.29, 0.717) is 0 Å². The normalized spacial score (nSPS) is 7.24. The van der Waals surface area contributed by atoms with Gasteiger partial charge in [-0.3, -0.25) is 22.0 Å². The van der Waals surface area contributed by atoms with Gasteiger partial charge in [0.1, 0.15) is 0 Å². The predicted molar refractivity (Wildman–Crippen MR) is 44.2 cm³/mol. The van der Waals surface area contributed by atoms with Gasteiger partial charge < -0.3 is 103 Å². The summed E-state index contributed by atoms with van der Waals surface area (Å²) in [6.45, 7) is 0. The van der Waals surface area contributed by atoms with E-state index in [4.69, 9.17) is 137 Å². The van der Waals surface area contributed by atoms with Crippen LogP contribution in [-0.4, -0.2) is 22.0 Å². The van der Waals surface area contributed by atoms with Crippen LogP contribution in [0.5, 0.6) is 0 Å². The van der Waals surface area contributed by atoms with E-state index in [1.165, 1.54) is 0 Å². The molecule has 0 saturated carbocycles. The minimum absolute atomic E-state index is 0. The zero-order valence-electron chi connectivity index (χ0n) is 20.7. The molecule has 0 aliphatic carbocycles. The van der Waals surface area contributed by atoms with E-state index >= 15 is 0 Å². The molecular weight excluding hydrogens is 1380 g/mol. The van der Waals surface area contributed by atoms with Gasteiger partial charge in [0.05, 0.1) is 0 Å². The zero-order valence-corrected chi connectivity index (χ0v) is 47.4. The fourth-order valence-electron chi connectivity index (χ4n) is 0. The second-order valence-electron chi connectivity index (χ2n) is 2.88. The van der Waals surface area contributed by atoms with Crippen LogP contribution in [0.2, 0.25) is 0 Å². The van der Waals surface area contributed by atoms with Crippen LogP contribution in [0.15, 0.2) is 0 Å². The first-order valence-corrected chi connectivity index (χ1v) is 15.5. The van der Waals surface area contributed by atoms with E-state index in [-0.39, 0.29) is 229 Å². The molecule has 240 valence electrons. The average Bonchev–Trinajstić information content (AvgIpc) is 2.35. The molecule has 0 amide bonds. The third-order valence-electron chi connectivity index (χ3n) is 0. The minimum atomic E-state index is -5.39. The molecule has 0 aromatic heterocycles. The molecule has 0 N–H and O–H groups in total. The number of hydrogen-bond donors (Lipinski definition) is 0. The van der Waals surface area contributed by atoms with E-state index in [2.05, 4.69) is 0 Å². The second kappa shape index (κ2) is 74.3. The second-order valence-corrected chi connectivity index (χ2v) is 7.66. The van der Waals surface area contributed by atoms with Gasteiger partial charge >= 0.3 is 309 Å². The van der Waals surface area contributed by atoms with Gasteiger partial charge in [0.2, 0.25) is 0 Å². The Morgan fingerprint density at radius 3 is 0.304 bits per heavy atom. The fourth-order valence-corrected chi connectivity index (χ4v) is 0. The van der Waals surface area contributed by atoms with Crippen molar-refractivity contribution in [2.75, 3.05) is 0 Å². The first-order chi connectivity index (χ1) is 16.4. The summed E-state index contributed by atoms with van der Waals surface area (Å²) in [5.41, 5.74) is 0. The summed E-state index contributed by atoms with van der Waals surface area (Å²) in [7, 11) is -24.9. The summed E-state index contributed by atoms with van der Waals surface area (Å²) >= 11 is -11.8. The Balaban J connectivity index is -0.0000000155. The first-order valence-electron chi connectivity index (χ1n) is 5.96. The molecule has 0 radical (unpaired) electrons. The summed E-state index contributed by atoms with van der Waals surface area (Å²) < 4.78 is 103. The van der Waals surface area contributed by atoms with Crippen molar-refractivity contribution < 1.29 is 412 Å². The molecule has 46 heavy (non-hydrogen) atoms. The van der Waals surface area contributed by atoms with Gasteiger partial charge in [0.15, 0.2) is 0 Å². The molecule has 0 spiro atoms. The SMILES string of the molecule is O=P([O-])([O-])[O-].O=P([O-])([O-])[O-].O=P([O-])([O-])[O-].[O-]B([O-])[O-].[O-]B([O-])[O-].[O-]B([O-])[O-].[O]=[V](=[O])[O-].[O]=[V](=[O])[O-].[O]=[V](=[O])[O-].[Y+3].[Y+3].[Y+3].[Y+3].[Y+3].[Y+3].[Y+3]. The van der Waals surface area contributed by atoms with Crippen molar-refractivity contribution in [1.29, 1.82) is 0 Å². The van der Waals surface area contributed by atoms with Crippen LogP contribution in [0.4, 0.5) is 0 Å². The molecule has 0 bridgehead atoms. The number of rotatable bonds is 0.